The van der Waals surface area contributed by atoms with Crippen LogP contribution in [0.25, 0.3) is 22.2 Å². The van der Waals surface area contributed by atoms with Gasteiger partial charge in [0.15, 0.2) is 0 Å². The maximum Gasteiger partial charge on any atom is 0.246 e. The summed E-state index contributed by atoms with van der Waals surface area (Å²) in [7, 11) is 0. The maximum absolute atomic E-state index is 11.9. The van der Waals surface area contributed by atoms with E-state index in [-0.39, 0.29) is 11.9 Å². The van der Waals surface area contributed by atoms with E-state index in [1.54, 1.807) is 6.20 Å². The second-order valence-corrected chi connectivity index (χ2v) is 8.62. The zero-order valence-electron chi connectivity index (χ0n) is 17.2. The van der Waals surface area contributed by atoms with Gasteiger partial charge in [0.1, 0.15) is 0 Å². The van der Waals surface area contributed by atoms with Crippen LogP contribution in [0.3, 0.4) is 0 Å². The molecule has 2 aliphatic heterocycles. The van der Waals surface area contributed by atoms with Gasteiger partial charge in [0.25, 0.3) is 0 Å². The Bertz CT molecular complexity index is 1120. The molecule has 0 radical (unpaired) electrons. The van der Waals surface area contributed by atoms with Crippen LogP contribution in [-0.4, -0.2) is 68.9 Å². The van der Waals surface area contributed by atoms with Crippen molar-refractivity contribution in [2.24, 2.45) is 0 Å². The molecule has 0 saturated carbocycles. The number of anilines is 1. The largest absolute Gasteiger partial charge is 0.360 e. The van der Waals surface area contributed by atoms with Crippen LogP contribution in [-0.2, 0) is 4.79 Å². The molecule has 1 aromatic carbocycles. The molecule has 4 heterocycles. The first kappa shape index (κ1) is 20.0. The molecule has 31 heavy (non-hydrogen) atoms. The lowest BCUT2D eigenvalue weighted by atomic mass is 9.98. The van der Waals surface area contributed by atoms with E-state index < -0.39 is 0 Å². The molecular formula is C23H25ClN6O. The first-order chi connectivity index (χ1) is 15.1. The van der Waals surface area contributed by atoms with Gasteiger partial charge >= 0.3 is 0 Å². The minimum Gasteiger partial charge on any atom is -0.360 e. The Morgan fingerprint density at radius 3 is 2.97 bits per heavy atom. The van der Waals surface area contributed by atoms with Crippen LogP contribution in [0, 0.1) is 0 Å². The summed E-state index contributed by atoms with van der Waals surface area (Å²) >= 11 is 6.43. The van der Waals surface area contributed by atoms with Gasteiger partial charge in [-0.2, -0.15) is 0 Å². The summed E-state index contributed by atoms with van der Waals surface area (Å²) < 4.78 is 0. The Morgan fingerprint density at radius 1 is 1.29 bits per heavy atom. The fraction of sp³-hybridized carbons (Fsp3) is 0.348. The Kier molecular flexibility index (Phi) is 5.38. The van der Waals surface area contributed by atoms with E-state index in [2.05, 4.69) is 32.8 Å². The molecule has 2 aromatic heterocycles. The van der Waals surface area contributed by atoms with Crippen LogP contribution in [0.2, 0.25) is 5.02 Å². The average Bonchev–Trinajstić information content (AvgIpc) is 3.20. The molecule has 0 bridgehead atoms. The summed E-state index contributed by atoms with van der Waals surface area (Å²) in [5, 5.41) is 5.05. The number of aromatic nitrogens is 3. The third-order valence-electron chi connectivity index (χ3n) is 6.23. The fourth-order valence-electron chi connectivity index (χ4n) is 4.56. The van der Waals surface area contributed by atoms with Crippen molar-refractivity contribution < 1.29 is 4.79 Å². The zero-order chi connectivity index (χ0) is 21.4. The number of fused-ring (bicyclic) bond motifs is 1. The standard InChI is InChI=1S/C23H25ClN6O/c1-2-21(31)29-9-5-6-16(14-29)30-12-15(13-30)27-23-26-11-19(24)22(28-23)18-10-25-20-8-4-3-7-17(18)20/h2-4,7-8,10-11,15-16,25H,1,5-6,9,12-14H2,(H,26,27,28). The highest BCUT2D eigenvalue weighted by Gasteiger charge is 2.35. The van der Waals surface area contributed by atoms with E-state index >= 15 is 0 Å². The summed E-state index contributed by atoms with van der Waals surface area (Å²) in [6, 6.07) is 8.78. The van der Waals surface area contributed by atoms with E-state index in [0.29, 0.717) is 17.0 Å². The number of carbonyl (C=O) groups is 1. The van der Waals surface area contributed by atoms with Crippen LogP contribution >= 0.6 is 11.6 Å². The lowest BCUT2D eigenvalue weighted by Crippen LogP contribution is -2.62. The van der Waals surface area contributed by atoms with E-state index in [0.717, 1.165) is 61.2 Å². The second-order valence-electron chi connectivity index (χ2n) is 8.22. The molecule has 2 aliphatic rings. The number of halogens is 1. The normalized spacial score (nSPS) is 19.9. The number of H-pyrrole nitrogens is 1. The van der Waals surface area contributed by atoms with E-state index in [1.165, 1.54) is 6.08 Å². The van der Waals surface area contributed by atoms with Gasteiger partial charge in [-0.1, -0.05) is 36.4 Å². The number of rotatable bonds is 5. The summed E-state index contributed by atoms with van der Waals surface area (Å²) in [6.45, 7) is 7.03. The van der Waals surface area contributed by atoms with Gasteiger partial charge in [0.05, 0.1) is 23.0 Å². The van der Waals surface area contributed by atoms with Crippen molar-refractivity contribution in [3.8, 4) is 11.3 Å². The molecule has 2 saturated heterocycles. The topological polar surface area (TPSA) is 77.2 Å². The molecule has 7 nitrogen and oxygen atoms in total. The highest BCUT2D eigenvalue weighted by molar-refractivity contribution is 6.33. The molecule has 0 aliphatic carbocycles. The number of nitrogens with one attached hydrogen (secondary N) is 2. The van der Waals surface area contributed by atoms with Crippen LogP contribution in [0.1, 0.15) is 12.8 Å². The number of para-hydroxylation sites is 1. The SMILES string of the molecule is C=CC(=O)N1CCCC(N2CC(Nc3ncc(Cl)c(-c4c[nH]c5ccccc45)n3)C2)C1. The monoisotopic (exact) mass is 436 g/mol. The Morgan fingerprint density at radius 2 is 2.13 bits per heavy atom. The number of benzene rings is 1. The lowest BCUT2D eigenvalue weighted by molar-refractivity contribution is -0.128. The lowest BCUT2D eigenvalue weighted by Gasteiger charge is -2.47. The van der Waals surface area contributed by atoms with Crippen LogP contribution in [0.5, 0.6) is 0 Å². The summed E-state index contributed by atoms with van der Waals surface area (Å²) in [5.74, 6) is 0.612. The molecule has 1 amide bonds. The molecule has 0 spiro atoms. The van der Waals surface area contributed by atoms with Gasteiger partial charge in [0, 0.05) is 54.9 Å². The predicted molar refractivity (Wildman–Crippen MR) is 123 cm³/mol. The molecule has 5 rings (SSSR count). The van der Waals surface area contributed by atoms with Crippen molar-refractivity contribution in [3.05, 3.63) is 54.3 Å². The number of aromatic amines is 1. The van der Waals surface area contributed by atoms with Crippen molar-refractivity contribution in [2.75, 3.05) is 31.5 Å². The number of nitrogens with zero attached hydrogens (tertiary/aromatic N) is 4. The zero-order valence-corrected chi connectivity index (χ0v) is 18.0. The molecule has 1 atom stereocenters. The smallest absolute Gasteiger partial charge is 0.246 e. The fourth-order valence-corrected chi connectivity index (χ4v) is 4.75. The van der Waals surface area contributed by atoms with E-state index in [4.69, 9.17) is 16.6 Å². The Labute approximate surface area is 186 Å². The van der Waals surface area contributed by atoms with Crippen molar-refractivity contribution >= 4 is 34.4 Å². The van der Waals surface area contributed by atoms with Gasteiger partial charge in [-0.25, -0.2) is 9.97 Å². The number of likely N-dealkylation sites (tertiary alicyclic amines) is 2. The molecular weight excluding hydrogens is 412 g/mol. The number of carbonyl (C=O) groups excluding carboxylic acids is 1. The molecule has 8 heteroatoms. The van der Waals surface area contributed by atoms with Crippen LogP contribution in [0.4, 0.5) is 5.95 Å². The van der Waals surface area contributed by atoms with Crippen molar-refractivity contribution in [3.63, 3.8) is 0 Å². The molecule has 2 fully saturated rings. The number of hydrogen-bond donors (Lipinski definition) is 2. The summed E-state index contributed by atoms with van der Waals surface area (Å²) in [5.41, 5.74) is 2.74. The van der Waals surface area contributed by atoms with Gasteiger partial charge in [0.2, 0.25) is 11.9 Å². The van der Waals surface area contributed by atoms with Gasteiger partial charge in [-0.3, -0.25) is 9.69 Å². The summed E-state index contributed by atoms with van der Waals surface area (Å²) in [4.78, 5) is 28.6. The van der Waals surface area contributed by atoms with Gasteiger partial charge in [-0.15, -0.1) is 0 Å². The first-order valence-electron chi connectivity index (χ1n) is 10.6. The number of amides is 1. The van der Waals surface area contributed by atoms with Crippen molar-refractivity contribution in [1.29, 1.82) is 0 Å². The number of hydrogen-bond acceptors (Lipinski definition) is 5. The average molecular weight is 437 g/mol. The highest BCUT2D eigenvalue weighted by atomic mass is 35.5. The minimum absolute atomic E-state index is 0.0271. The van der Waals surface area contributed by atoms with E-state index in [1.807, 2.05) is 29.3 Å². The molecule has 160 valence electrons. The Hall–Kier alpha value is -2.90. The molecule has 1 unspecified atom stereocenters. The molecule has 3 aromatic rings. The Balaban J connectivity index is 1.25. The quantitative estimate of drug-likeness (QED) is 0.598. The van der Waals surface area contributed by atoms with Crippen LogP contribution in [0.15, 0.2) is 49.3 Å². The third-order valence-corrected chi connectivity index (χ3v) is 6.51. The maximum atomic E-state index is 11.9. The van der Waals surface area contributed by atoms with Crippen molar-refractivity contribution in [1.82, 2.24) is 24.8 Å². The predicted octanol–water partition coefficient (Wildman–Crippen LogP) is 3.55. The first-order valence-corrected chi connectivity index (χ1v) is 11.0. The van der Waals surface area contributed by atoms with Crippen molar-refractivity contribution in [2.45, 2.75) is 24.9 Å². The van der Waals surface area contributed by atoms with E-state index in [9.17, 15) is 4.79 Å². The van der Waals surface area contributed by atoms with Gasteiger partial charge in [-0.05, 0) is 25.0 Å². The van der Waals surface area contributed by atoms with Gasteiger partial charge < -0.3 is 15.2 Å². The molecule has 2 N–H and O–H groups in total. The minimum atomic E-state index is 0.0271. The summed E-state index contributed by atoms with van der Waals surface area (Å²) in [6.07, 6.45) is 7.16. The second kappa shape index (κ2) is 8.32. The van der Waals surface area contributed by atoms with Crippen LogP contribution < -0.4 is 5.32 Å². The number of piperidine rings is 1. The highest BCUT2D eigenvalue weighted by Crippen LogP contribution is 2.32. The third kappa shape index (κ3) is 3.91.